The molecule has 2 aromatic carbocycles. The molecular weight excluding hydrogens is 352 g/mol. The Balaban J connectivity index is 2.18. The molecule has 0 saturated heterocycles. The minimum Gasteiger partial charge on any atom is -0.497 e. The Labute approximate surface area is 154 Å². The number of methoxy groups -OCH3 is 2. The van der Waals surface area contributed by atoms with Crippen LogP contribution in [0.4, 0.5) is 5.69 Å². The molecule has 2 rings (SSSR count). The van der Waals surface area contributed by atoms with E-state index in [9.17, 15) is 8.42 Å². The molecule has 0 atom stereocenters. The maximum Gasteiger partial charge on any atom is 0.245 e. The van der Waals surface area contributed by atoms with Crippen molar-refractivity contribution in [2.24, 2.45) is 0 Å². The van der Waals surface area contributed by atoms with E-state index < -0.39 is 10.0 Å². The second kappa shape index (κ2) is 8.61. The summed E-state index contributed by atoms with van der Waals surface area (Å²) in [4.78, 5) is 1.96. The molecule has 0 bridgehead atoms. The van der Waals surface area contributed by atoms with Crippen molar-refractivity contribution in [1.82, 2.24) is 4.72 Å². The van der Waals surface area contributed by atoms with Gasteiger partial charge in [-0.05, 0) is 24.3 Å². The van der Waals surface area contributed by atoms with Crippen molar-refractivity contribution in [2.75, 3.05) is 39.8 Å². The number of benzene rings is 2. The Kier molecular flexibility index (Phi) is 6.50. The van der Waals surface area contributed by atoms with Crippen LogP contribution in [-0.4, -0.2) is 43.3 Å². The zero-order chi connectivity index (χ0) is 19.2. The molecule has 0 heterocycles. The lowest BCUT2D eigenvalue weighted by Crippen LogP contribution is -2.24. The van der Waals surface area contributed by atoms with Crippen LogP contribution in [0.2, 0.25) is 0 Å². The molecule has 26 heavy (non-hydrogen) atoms. The first-order valence-corrected chi connectivity index (χ1v) is 9.34. The molecule has 7 heteroatoms. The lowest BCUT2D eigenvalue weighted by molar-refractivity contribution is 0.392. The average molecular weight is 374 g/mol. The smallest absolute Gasteiger partial charge is 0.245 e. The summed E-state index contributed by atoms with van der Waals surface area (Å²) in [5.41, 5.74) is 1.80. The van der Waals surface area contributed by atoms with Gasteiger partial charge in [0, 0.05) is 25.7 Å². The first kappa shape index (κ1) is 19.6. The van der Waals surface area contributed by atoms with E-state index >= 15 is 0 Å². The Hall–Kier alpha value is -2.69. The van der Waals surface area contributed by atoms with Gasteiger partial charge in [0.25, 0.3) is 0 Å². The van der Waals surface area contributed by atoms with E-state index in [2.05, 4.69) is 16.6 Å². The van der Waals surface area contributed by atoms with E-state index in [-0.39, 0.29) is 17.2 Å². The van der Waals surface area contributed by atoms with Crippen molar-refractivity contribution in [2.45, 2.75) is 4.90 Å². The van der Waals surface area contributed by atoms with Crippen LogP contribution >= 0.6 is 0 Å². The molecule has 1 N–H and O–H groups in total. The lowest BCUT2D eigenvalue weighted by atomic mass is 10.1. The van der Waals surface area contributed by atoms with Crippen molar-refractivity contribution >= 4 is 15.7 Å². The maximum atomic E-state index is 12.5. The molecule has 2 aromatic rings. The van der Waals surface area contributed by atoms with Crippen molar-refractivity contribution in [3.8, 4) is 23.3 Å². The third kappa shape index (κ3) is 4.69. The van der Waals surface area contributed by atoms with Crippen LogP contribution in [0.3, 0.4) is 0 Å². The number of para-hydroxylation sites is 1. The summed E-state index contributed by atoms with van der Waals surface area (Å²) >= 11 is 0. The molecule has 0 aliphatic heterocycles. The van der Waals surface area contributed by atoms with E-state index in [0.29, 0.717) is 5.75 Å². The lowest BCUT2D eigenvalue weighted by Gasteiger charge is -2.14. The third-order valence-corrected chi connectivity index (χ3v) is 5.04. The second-order valence-corrected chi connectivity index (χ2v) is 7.29. The summed E-state index contributed by atoms with van der Waals surface area (Å²) < 4.78 is 37.8. The predicted molar refractivity (Wildman–Crippen MR) is 102 cm³/mol. The number of nitrogens with one attached hydrogen (secondary N) is 1. The van der Waals surface area contributed by atoms with Crippen molar-refractivity contribution in [3.05, 3.63) is 48.0 Å². The number of hydrogen-bond donors (Lipinski definition) is 1. The highest BCUT2D eigenvalue weighted by Gasteiger charge is 2.19. The third-order valence-electron chi connectivity index (χ3n) is 3.62. The molecule has 0 spiro atoms. The number of rotatable bonds is 6. The summed E-state index contributed by atoms with van der Waals surface area (Å²) in [5, 5.41) is 0. The minimum absolute atomic E-state index is 0.00911. The molecule has 0 saturated carbocycles. The first-order valence-electron chi connectivity index (χ1n) is 7.86. The van der Waals surface area contributed by atoms with Crippen LogP contribution in [0.1, 0.15) is 5.56 Å². The molecule has 0 aliphatic rings. The van der Waals surface area contributed by atoms with Crippen LogP contribution in [0, 0.1) is 11.8 Å². The van der Waals surface area contributed by atoms with Crippen molar-refractivity contribution in [3.63, 3.8) is 0 Å². The number of hydrogen-bond acceptors (Lipinski definition) is 5. The number of ether oxygens (including phenoxy) is 2. The van der Waals surface area contributed by atoms with Gasteiger partial charge in [-0.25, -0.2) is 8.42 Å². The fourth-order valence-corrected chi connectivity index (χ4v) is 3.42. The van der Waals surface area contributed by atoms with E-state index in [0.717, 1.165) is 11.3 Å². The SMILES string of the molecule is COc1ccc(OC)c(S(=O)(=O)NCC#Cc2ccccc2N(C)C)c1. The number of nitrogens with zero attached hydrogens (tertiary/aromatic N) is 1. The largest absolute Gasteiger partial charge is 0.497 e. The van der Waals surface area contributed by atoms with E-state index in [1.807, 2.05) is 43.3 Å². The second-order valence-electron chi connectivity index (χ2n) is 5.55. The maximum absolute atomic E-state index is 12.5. The van der Waals surface area contributed by atoms with E-state index in [1.165, 1.54) is 20.3 Å². The zero-order valence-electron chi connectivity index (χ0n) is 15.2. The Morgan fingerprint density at radius 1 is 1.08 bits per heavy atom. The van der Waals surface area contributed by atoms with Crippen molar-refractivity contribution < 1.29 is 17.9 Å². The first-order chi connectivity index (χ1) is 12.4. The molecule has 0 unspecified atom stereocenters. The van der Waals surface area contributed by atoms with Gasteiger partial charge in [0.2, 0.25) is 10.0 Å². The van der Waals surface area contributed by atoms with Gasteiger partial charge in [-0.3, -0.25) is 0 Å². The van der Waals surface area contributed by atoms with Gasteiger partial charge >= 0.3 is 0 Å². The number of anilines is 1. The molecule has 138 valence electrons. The molecule has 0 fully saturated rings. The molecule has 0 radical (unpaired) electrons. The summed E-state index contributed by atoms with van der Waals surface area (Å²) in [6.07, 6.45) is 0. The monoisotopic (exact) mass is 374 g/mol. The molecule has 0 amide bonds. The Morgan fingerprint density at radius 3 is 2.46 bits per heavy atom. The van der Waals surface area contributed by atoms with Crippen LogP contribution in [-0.2, 0) is 10.0 Å². The zero-order valence-corrected chi connectivity index (χ0v) is 16.1. The van der Waals surface area contributed by atoms with Crippen LogP contribution in [0.5, 0.6) is 11.5 Å². The number of sulfonamides is 1. The van der Waals surface area contributed by atoms with Gasteiger partial charge < -0.3 is 14.4 Å². The summed E-state index contributed by atoms with van der Waals surface area (Å²) in [6.45, 7) is -0.0234. The molecule has 0 aromatic heterocycles. The van der Waals surface area contributed by atoms with Gasteiger partial charge in [-0.15, -0.1) is 0 Å². The highest BCUT2D eigenvalue weighted by molar-refractivity contribution is 7.89. The molecule has 0 aliphatic carbocycles. The van der Waals surface area contributed by atoms with Gasteiger partial charge in [-0.2, -0.15) is 4.72 Å². The predicted octanol–water partition coefficient (Wildman–Crippen LogP) is 2.10. The van der Waals surface area contributed by atoms with Crippen LogP contribution in [0.15, 0.2) is 47.4 Å². The quantitative estimate of drug-likeness (QED) is 0.785. The minimum atomic E-state index is -3.78. The molecular formula is C19H22N2O4S. The Bertz CT molecular complexity index is 928. The van der Waals surface area contributed by atoms with E-state index in [4.69, 9.17) is 9.47 Å². The average Bonchev–Trinajstić information content (AvgIpc) is 2.64. The van der Waals surface area contributed by atoms with Crippen LogP contribution < -0.4 is 19.1 Å². The van der Waals surface area contributed by atoms with Gasteiger partial charge in [0.05, 0.1) is 26.5 Å². The highest BCUT2D eigenvalue weighted by Crippen LogP contribution is 2.27. The fourth-order valence-electron chi connectivity index (χ4n) is 2.31. The normalized spacial score (nSPS) is 10.6. The summed E-state index contributed by atoms with van der Waals surface area (Å²) in [7, 11) is 2.96. The fraction of sp³-hybridized carbons (Fsp3) is 0.263. The van der Waals surface area contributed by atoms with Gasteiger partial charge in [0.15, 0.2) is 0 Å². The van der Waals surface area contributed by atoms with Gasteiger partial charge in [-0.1, -0.05) is 24.0 Å². The van der Waals surface area contributed by atoms with E-state index in [1.54, 1.807) is 12.1 Å². The summed E-state index contributed by atoms with van der Waals surface area (Å²) in [6, 6.07) is 12.3. The highest BCUT2D eigenvalue weighted by atomic mass is 32.2. The standard InChI is InChI=1S/C19H22N2O4S/c1-21(2)17-10-6-5-8-15(17)9-7-13-20-26(22,23)19-14-16(24-3)11-12-18(19)25-4/h5-6,8,10-12,14,20H,13H2,1-4H3. The molecule has 6 nitrogen and oxygen atoms in total. The van der Waals surface area contributed by atoms with Gasteiger partial charge in [0.1, 0.15) is 16.4 Å². The van der Waals surface area contributed by atoms with Crippen molar-refractivity contribution in [1.29, 1.82) is 0 Å². The Morgan fingerprint density at radius 2 is 1.81 bits per heavy atom. The summed E-state index contributed by atoms with van der Waals surface area (Å²) in [5.74, 6) is 6.51. The van der Waals surface area contributed by atoms with Crippen LogP contribution in [0.25, 0.3) is 0 Å². The topological polar surface area (TPSA) is 67.9 Å².